The standard InChI is InChI=1S/C12H16N2OS/c1-3-15-8-7-13-12-14-11-9(2)5-4-6-10(11)16-12/h4-6H,3,7-8H2,1-2H3,(H,13,14). The number of anilines is 1. The summed E-state index contributed by atoms with van der Waals surface area (Å²) in [6, 6.07) is 6.26. The number of para-hydroxylation sites is 1. The van der Waals surface area contributed by atoms with Crippen LogP contribution in [0.15, 0.2) is 18.2 Å². The van der Waals surface area contributed by atoms with Crippen LogP contribution in [0, 0.1) is 6.92 Å². The first-order valence-electron chi connectivity index (χ1n) is 5.49. The number of ether oxygens (including phenoxy) is 1. The predicted octanol–water partition coefficient (Wildman–Crippen LogP) is 3.05. The molecule has 1 aromatic heterocycles. The number of benzene rings is 1. The van der Waals surface area contributed by atoms with Gasteiger partial charge in [0, 0.05) is 13.2 Å². The van der Waals surface area contributed by atoms with Gasteiger partial charge in [0.15, 0.2) is 5.13 Å². The van der Waals surface area contributed by atoms with E-state index in [-0.39, 0.29) is 0 Å². The van der Waals surface area contributed by atoms with E-state index < -0.39 is 0 Å². The van der Waals surface area contributed by atoms with Crippen LogP contribution in [0.3, 0.4) is 0 Å². The Balaban J connectivity index is 2.05. The van der Waals surface area contributed by atoms with Gasteiger partial charge in [0.25, 0.3) is 0 Å². The molecule has 2 aromatic rings. The first kappa shape index (κ1) is 11.4. The van der Waals surface area contributed by atoms with Crippen molar-refractivity contribution >= 4 is 26.7 Å². The molecular formula is C12H16N2OS. The maximum absolute atomic E-state index is 5.27. The number of aromatic nitrogens is 1. The van der Waals surface area contributed by atoms with E-state index in [1.165, 1.54) is 10.3 Å². The summed E-state index contributed by atoms with van der Waals surface area (Å²) in [5.41, 5.74) is 2.33. The number of aryl methyl sites for hydroxylation is 1. The minimum absolute atomic E-state index is 0.728. The maximum Gasteiger partial charge on any atom is 0.183 e. The molecule has 0 aliphatic rings. The molecule has 0 saturated carbocycles. The van der Waals surface area contributed by atoms with E-state index in [2.05, 4.69) is 35.4 Å². The molecule has 4 heteroatoms. The fraction of sp³-hybridized carbons (Fsp3) is 0.417. The second-order valence-corrected chi connectivity index (χ2v) is 4.60. The summed E-state index contributed by atoms with van der Waals surface area (Å²) in [5, 5.41) is 4.25. The largest absolute Gasteiger partial charge is 0.380 e. The van der Waals surface area contributed by atoms with Crippen LogP contribution < -0.4 is 5.32 Å². The number of nitrogens with one attached hydrogen (secondary N) is 1. The van der Waals surface area contributed by atoms with Gasteiger partial charge >= 0.3 is 0 Å². The summed E-state index contributed by atoms with van der Waals surface area (Å²) in [6.45, 7) is 6.39. The highest BCUT2D eigenvalue weighted by Crippen LogP contribution is 2.27. The van der Waals surface area contributed by atoms with Gasteiger partial charge in [-0.3, -0.25) is 0 Å². The van der Waals surface area contributed by atoms with Crippen molar-refractivity contribution in [3.63, 3.8) is 0 Å². The van der Waals surface area contributed by atoms with E-state index in [1.807, 2.05) is 6.92 Å². The van der Waals surface area contributed by atoms with Crippen LogP contribution in [0.2, 0.25) is 0 Å². The highest BCUT2D eigenvalue weighted by Gasteiger charge is 2.04. The monoisotopic (exact) mass is 236 g/mol. The molecule has 1 heterocycles. The van der Waals surface area contributed by atoms with E-state index in [1.54, 1.807) is 11.3 Å². The molecule has 16 heavy (non-hydrogen) atoms. The number of hydrogen-bond donors (Lipinski definition) is 1. The Morgan fingerprint density at radius 3 is 3.06 bits per heavy atom. The lowest BCUT2D eigenvalue weighted by atomic mass is 10.2. The maximum atomic E-state index is 5.27. The van der Waals surface area contributed by atoms with E-state index in [9.17, 15) is 0 Å². The van der Waals surface area contributed by atoms with Crippen molar-refractivity contribution in [1.29, 1.82) is 0 Å². The van der Waals surface area contributed by atoms with Crippen molar-refractivity contribution in [2.45, 2.75) is 13.8 Å². The Hall–Kier alpha value is -1.13. The van der Waals surface area contributed by atoms with Gasteiger partial charge in [0.1, 0.15) is 0 Å². The number of nitrogens with zero attached hydrogens (tertiary/aromatic N) is 1. The van der Waals surface area contributed by atoms with E-state index in [0.29, 0.717) is 0 Å². The van der Waals surface area contributed by atoms with Crippen molar-refractivity contribution in [1.82, 2.24) is 4.98 Å². The molecule has 0 atom stereocenters. The number of hydrogen-bond acceptors (Lipinski definition) is 4. The first-order valence-corrected chi connectivity index (χ1v) is 6.30. The van der Waals surface area contributed by atoms with Gasteiger partial charge in [-0.2, -0.15) is 0 Å². The average molecular weight is 236 g/mol. The lowest BCUT2D eigenvalue weighted by Gasteiger charge is -2.01. The predicted molar refractivity (Wildman–Crippen MR) is 69.3 cm³/mol. The topological polar surface area (TPSA) is 34.1 Å². The summed E-state index contributed by atoms with van der Waals surface area (Å²) in [5.74, 6) is 0. The molecule has 0 spiro atoms. The lowest BCUT2D eigenvalue weighted by molar-refractivity contribution is 0.158. The zero-order chi connectivity index (χ0) is 11.4. The second kappa shape index (κ2) is 5.27. The van der Waals surface area contributed by atoms with Gasteiger partial charge in [-0.25, -0.2) is 4.98 Å². The first-order chi connectivity index (χ1) is 7.81. The molecule has 0 unspecified atom stereocenters. The average Bonchev–Trinajstić information content (AvgIpc) is 2.69. The molecule has 0 aliphatic heterocycles. The zero-order valence-corrected chi connectivity index (χ0v) is 10.4. The lowest BCUT2D eigenvalue weighted by Crippen LogP contribution is -2.08. The molecule has 0 amide bonds. The summed E-state index contributed by atoms with van der Waals surface area (Å²) in [6.07, 6.45) is 0. The molecule has 86 valence electrons. The molecule has 0 aliphatic carbocycles. The third kappa shape index (κ3) is 2.51. The highest BCUT2D eigenvalue weighted by molar-refractivity contribution is 7.22. The second-order valence-electron chi connectivity index (χ2n) is 3.56. The van der Waals surface area contributed by atoms with Gasteiger partial charge in [-0.05, 0) is 25.5 Å². The normalized spacial score (nSPS) is 10.9. The van der Waals surface area contributed by atoms with Crippen LogP contribution >= 0.6 is 11.3 Å². The number of fused-ring (bicyclic) bond motifs is 1. The molecule has 3 nitrogen and oxygen atoms in total. The third-order valence-corrected chi connectivity index (χ3v) is 3.33. The third-order valence-electron chi connectivity index (χ3n) is 2.35. The van der Waals surface area contributed by atoms with Gasteiger partial charge in [0.05, 0.1) is 16.8 Å². The van der Waals surface area contributed by atoms with Crippen LogP contribution in [0.1, 0.15) is 12.5 Å². The van der Waals surface area contributed by atoms with Crippen LogP contribution in [0.5, 0.6) is 0 Å². The number of thiazole rings is 1. The van der Waals surface area contributed by atoms with Crippen molar-refractivity contribution < 1.29 is 4.74 Å². The summed E-state index contributed by atoms with van der Waals surface area (Å²) in [4.78, 5) is 4.56. The van der Waals surface area contributed by atoms with Crippen LogP contribution in [0.4, 0.5) is 5.13 Å². The van der Waals surface area contributed by atoms with Gasteiger partial charge in [-0.15, -0.1) is 0 Å². The van der Waals surface area contributed by atoms with E-state index >= 15 is 0 Å². The number of rotatable bonds is 5. The fourth-order valence-electron chi connectivity index (χ4n) is 1.54. The molecule has 0 fully saturated rings. The van der Waals surface area contributed by atoms with Crippen molar-refractivity contribution in [3.05, 3.63) is 23.8 Å². The van der Waals surface area contributed by atoms with Gasteiger partial charge < -0.3 is 10.1 Å². The Morgan fingerprint density at radius 1 is 1.44 bits per heavy atom. The van der Waals surface area contributed by atoms with E-state index in [0.717, 1.165) is 30.4 Å². The summed E-state index contributed by atoms with van der Waals surface area (Å²) < 4.78 is 6.50. The summed E-state index contributed by atoms with van der Waals surface area (Å²) >= 11 is 1.69. The highest BCUT2D eigenvalue weighted by atomic mass is 32.1. The summed E-state index contributed by atoms with van der Waals surface area (Å²) in [7, 11) is 0. The van der Waals surface area contributed by atoms with Crippen molar-refractivity contribution in [2.75, 3.05) is 25.1 Å². The van der Waals surface area contributed by atoms with E-state index in [4.69, 9.17) is 4.74 Å². The molecule has 0 bridgehead atoms. The molecule has 0 radical (unpaired) electrons. The molecular weight excluding hydrogens is 220 g/mol. The molecule has 1 N–H and O–H groups in total. The van der Waals surface area contributed by atoms with Crippen molar-refractivity contribution in [3.8, 4) is 0 Å². The van der Waals surface area contributed by atoms with Gasteiger partial charge in [0.2, 0.25) is 0 Å². The Labute approximate surface area is 99.5 Å². The quantitative estimate of drug-likeness (QED) is 0.810. The minimum atomic E-state index is 0.728. The molecule has 2 rings (SSSR count). The van der Waals surface area contributed by atoms with Gasteiger partial charge in [-0.1, -0.05) is 23.5 Å². The van der Waals surface area contributed by atoms with Crippen LogP contribution in [0.25, 0.3) is 10.2 Å². The molecule has 1 aromatic carbocycles. The Bertz CT molecular complexity index is 467. The SMILES string of the molecule is CCOCCNc1nc2c(C)cccc2s1. The van der Waals surface area contributed by atoms with Crippen molar-refractivity contribution in [2.24, 2.45) is 0 Å². The van der Waals surface area contributed by atoms with Crippen LogP contribution in [-0.4, -0.2) is 24.7 Å². The smallest absolute Gasteiger partial charge is 0.183 e. The fourth-order valence-corrected chi connectivity index (χ4v) is 2.51. The van der Waals surface area contributed by atoms with Crippen LogP contribution in [-0.2, 0) is 4.74 Å². The zero-order valence-electron chi connectivity index (χ0n) is 9.62. The Kier molecular flexibility index (Phi) is 3.74. The minimum Gasteiger partial charge on any atom is -0.380 e. The molecule has 0 saturated heterocycles. The Morgan fingerprint density at radius 2 is 2.31 bits per heavy atom.